The van der Waals surface area contributed by atoms with E-state index < -0.39 is 0 Å². The molecule has 0 aliphatic carbocycles. The minimum Gasteiger partial charge on any atom is -0.310 e. The van der Waals surface area contributed by atoms with Gasteiger partial charge in [0, 0.05) is 18.6 Å². The van der Waals surface area contributed by atoms with Crippen LogP contribution in [-0.2, 0) is 6.42 Å². The molecule has 0 saturated carbocycles. The highest BCUT2D eigenvalue weighted by molar-refractivity contribution is 5.97. The highest BCUT2D eigenvalue weighted by Gasteiger charge is 2.12. The van der Waals surface area contributed by atoms with Crippen molar-refractivity contribution in [3.63, 3.8) is 0 Å². The van der Waals surface area contributed by atoms with Crippen molar-refractivity contribution in [2.75, 3.05) is 0 Å². The van der Waals surface area contributed by atoms with Crippen molar-refractivity contribution in [3.05, 3.63) is 94.5 Å². The van der Waals surface area contributed by atoms with Crippen molar-refractivity contribution < 1.29 is 0 Å². The molecule has 1 aliphatic heterocycles. The summed E-state index contributed by atoms with van der Waals surface area (Å²) >= 11 is 0. The summed E-state index contributed by atoms with van der Waals surface area (Å²) in [6.45, 7) is 0. The normalized spacial score (nSPS) is 13.7. The predicted octanol–water partition coefficient (Wildman–Crippen LogP) is 4.89. The number of allylic oxidation sites excluding steroid dienone is 1. The van der Waals surface area contributed by atoms with E-state index in [4.69, 9.17) is 9.98 Å². The molecule has 3 aromatic carbocycles. The van der Waals surface area contributed by atoms with Crippen molar-refractivity contribution in [2.24, 2.45) is 4.99 Å². The predicted molar refractivity (Wildman–Crippen MR) is 115 cm³/mol. The number of aryl methyl sites for hydroxylation is 1. The Kier molecular flexibility index (Phi) is 4.09. The van der Waals surface area contributed by atoms with Gasteiger partial charge in [0.25, 0.3) is 5.56 Å². The van der Waals surface area contributed by atoms with Crippen LogP contribution < -0.4 is 5.56 Å². The van der Waals surface area contributed by atoms with Gasteiger partial charge in [-0.25, -0.2) is 4.98 Å². The molecule has 0 spiro atoms. The van der Waals surface area contributed by atoms with Crippen LogP contribution in [0.1, 0.15) is 24.2 Å². The number of fused-ring (bicyclic) bond motifs is 2. The van der Waals surface area contributed by atoms with E-state index in [1.54, 1.807) is 0 Å². The third kappa shape index (κ3) is 3.14. The smallest absolute Gasteiger partial charge is 0.258 e. The van der Waals surface area contributed by atoms with Gasteiger partial charge in [-0.2, -0.15) is 0 Å². The molecule has 1 aromatic heterocycles. The summed E-state index contributed by atoms with van der Waals surface area (Å²) in [4.78, 5) is 24.9. The quantitative estimate of drug-likeness (QED) is 0.523. The van der Waals surface area contributed by atoms with Gasteiger partial charge < -0.3 is 4.98 Å². The molecular formula is C24H19N3O. The fourth-order valence-electron chi connectivity index (χ4n) is 3.68. The molecule has 0 radical (unpaired) electrons. The number of hydrogen-bond donors (Lipinski definition) is 1. The molecule has 5 rings (SSSR count). The maximum absolute atomic E-state index is 12.5. The summed E-state index contributed by atoms with van der Waals surface area (Å²) < 4.78 is 0. The van der Waals surface area contributed by atoms with Crippen LogP contribution in [0, 0.1) is 0 Å². The summed E-state index contributed by atoms with van der Waals surface area (Å²) in [6.07, 6.45) is 4.47. The number of nitrogens with zero attached hydrogens (tertiary/aromatic N) is 2. The van der Waals surface area contributed by atoms with Gasteiger partial charge in [0.05, 0.1) is 16.6 Å². The molecule has 0 bridgehead atoms. The number of benzene rings is 3. The van der Waals surface area contributed by atoms with Crippen LogP contribution in [0.3, 0.4) is 0 Å². The lowest BCUT2D eigenvalue weighted by Crippen LogP contribution is -2.13. The van der Waals surface area contributed by atoms with Gasteiger partial charge >= 0.3 is 0 Å². The van der Waals surface area contributed by atoms with Gasteiger partial charge in [0.15, 0.2) is 0 Å². The fourth-order valence-corrected chi connectivity index (χ4v) is 3.68. The zero-order valence-corrected chi connectivity index (χ0v) is 15.4. The van der Waals surface area contributed by atoms with Crippen LogP contribution >= 0.6 is 0 Å². The van der Waals surface area contributed by atoms with Gasteiger partial charge in [-0.1, -0.05) is 60.7 Å². The van der Waals surface area contributed by atoms with Crippen LogP contribution in [0.2, 0.25) is 0 Å². The second kappa shape index (κ2) is 6.89. The van der Waals surface area contributed by atoms with Crippen LogP contribution in [0.25, 0.3) is 27.4 Å². The Labute approximate surface area is 162 Å². The lowest BCUT2D eigenvalue weighted by molar-refractivity contribution is 0.896. The van der Waals surface area contributed by atoms with Crippen molar-refractivity contribution >= 4 is 33.1 Å². The highest BCUT2D eigenvalue weighted by Crippen LogP contribution is 2.24. The molecule has 0 amide bonds. The van der Waals surface area contributed by atoms with E-state index in [0.29, 0.717) is 17.6 Å². The Bertz CT molecular complexity index is 1300. The zero-order chi connectivity index (χ0) is 18.9. The second-order valence-corrected chi connectivity index (χ2v) is 7.07. The minimum atomic E-state index is -0.0813. The van der Waals surface area contributed by atoms with Crippen molar-refractivity contribution in [1.82, 2.24) is 9.97 Å². The number of H-pyrrole nitrogens is 1. The zero-order valence-electron chi connectivity index (χ0n) is 15.4. The maximum Gasteiger partial charge on any atom is 0.258 e. The number of aromatic nitrogens is 2. The Balaban J connectivity index is 1.39. The summed E-state index contributed by atoms with van der Waals surface area (Å²) in [5.74, 6) is 0.712. The van der Waals surface area contributed by atoms with Gasteiger partial charge in [-0.3, -0.25) is 9.79 Å². The van der Waals surface area contributed by atoms with Crippen LogP contribution in [0.4, 0.5) is 0 Å². The standard InChI is InChI=1S/C24H19N3O/c28-24-20-14-17-8-4-5-9-18(17)15-22(20)26-23(27-24)13-11-19-10-12-21(25-19)16-6-2-1-3-7-16/h1-9,12,14-15H,10-11,13H2,(H,26,27,28). The lowest BCUT2D eigenvalue weighted by atomic mass is 10.1. The molecule has 0 fully saturated rings. The van der Waals surface area contributed by atoms with Gasteiger partial charge in [0.2, 0.25) is 0 Å². The summed E-state index contributed by atoms with van der Waals surface area (Å²) in [7, 11) is 0. The average molecular weight is 365 g/mol. The van der Waals surface area contributed by atoms with Crippen molar-refractivity contribution in [3.8, 4) is 0 Å². The molecule has 0 saturated heterocycles. The first-order valence-corrected chi connectivity index (χ1v) is 9.50. The molecule has 2 heterocycles. The molecule has 0 unspecified atom stereocenters. The average Bonchev–Trinajstić information content (AvgIpc) is 3.21. The van der Waals surface area contributed by atoms with E-state index >= 15 is 0 Å². The molecule has 28 heavy (non-hydrogen) atoms. The molecule has 0 atom stereocenters. The molecule has 4 nitrogen and oxygen atoms in total. The molecule has 136 valence electrons. The first-order valence-electron chi connectivity index (χ1n) is 9.50. The molecule has 4 aromatic rings. The Morgan fingerprint density at radius 1 is 0.893 bits per heavy atom. The lowest BCUT2D eigenvalue weighted by Gasteiger charge is -2.05. The third-order valence-electron chi connectivity index (χ3n) is 5.15. The second-order valence-electron chi connectivity index (χ2n) is 7.07. The number of hydrogen-bond acceptors (Lipinski definition) is 3. The molecular weight excluding hydrogens is 346 g/mol. The van der Waals surface area contributed by atoms with Crippen molar-refractivity contribution in [1.29, 1.82) is 0 Å². The van der Waals surface area contributed by atoms with E-state index in [1.165, 1.54) is 0 Å². The first-order chi connectivity index (χ1) is 13.8. The van der Waals surface area contributed by atoms with Crippen molar-refractivity contribution in [2.45, 2.75) is 19.3 Å². The van der Waals surface area contributed by atoms with Crippen LogP contribution in [0.5, 0.6) is 0 Å². The minimum absolute atomic E-state index is 0.0813. The molecule has 1 N–H and O–H groups in total. The highest BCUT2D eigenvalue weighted by atomic mass is 16.1. The summed E-state index contributed by atoms with van der Waals surface area (Å²) in [5.41, 5.74) is 3.96. The van der Waals surface area contributed by atoms with E-state index in [0.717, 1.165) is 46.1 Å². The van der Waals surface area contributed by atoms with Gasteiger partial charge in [0.1, 0.15) is 5.82 Å². The topological polar surface area (TPSA) is 58.1 Å². The number of rotatable bonds is 4. The molecule has 1 aliphatic rings. The first kappa shape index (κ1) is 16.6. The monoisotopic (exact) mass is 365 g/mol. The van der Waals surface area contributed by atoms with E-state index in [2.05, 4.69) is 23.2 Å². The van der Waals surface area contributed by atoms with E-state index in [1.807, 2.05) is 54.6 Å². The Morgan fingerprint density at radius 3 is 2.46 bits per heavy atom. The van der Waals surface area contributed by atoms with E-state index in [-0.39, 0.29) is 5.56 Å². The summed E-state index contributed by atoms with van der Waals surface area (Å²) in [5, 5.41) is 2.78. The number of aromatic amines is 1. The largest absolute Gasteiger partial charge is 0.310 e. The Hall–Kier alpha value is -3.53. The Morgan fingerprint density at radius 2 is 1.64 bits per heavy atom. The van der Waals surface area contributed by atoms with Gasteiger partial charge in [-0.05, 0) is 34.9 Å². The number of aliphatic imine (C=N–C) groups is 1. The third-order valence-corrected chi connectivity index (χ3v) is 5.15. The molecule has 4 heteroatoms. The van der Waals surface area contributed by atoms with E-state index in [9.17, 15) is 4.79 Å². The SMILES string of the molecule is O=c1[nH]c(CCC2=NC(c3ccccc3)=CC2)nc2cc3ccccc3cc12. The fraction of sp³-hybridized carbons (Fsp3) is 0.125. The maximum atomic E-state index is 12.5. The van der Waals surface area contributed by atoms with Gasteiger partial charge in [-0.15, -0.1) is 0 Å². The van der Waals surface area contributed by atoms with Crippen LogP contribution in [0.15, 0.2) is 82.6 Å². The summed E-state index contributed by atoms with van der Waals surface area (Å²) in [6, 6.07) is 22.1. The number of nitrogens with one attached hydrogen (secondary N) is 1. The van der Waals surface area contributed by atoms with Crippen LogP contribution in [-0.4, -0.2) is 15.7 Å².